The van der Waals surface area contributed by atoms with E-state index in [2.05, 4.69) is 10.6 Å². The Kier molecular flexibility index (Phi) is 7.03. The van der Waals surface area contributed by atoms with Crippen molar-refractivity contribution in [1.29, 1.82) is 0 Å². The van der Waals surface area contributed by atoms with Crippen molar-refractivity contribution in [2.45, 2.75) is 13.0 Å². The summed E-state index contributed by atoms with van der Waals surface area (Å²) in [5, 5.41) is 6.61. The minimum absolute atomic E-state index is 0.234. The lowest BCUT2D eigenvalue weighted by Gasteiger charge is -2.31. The minimum atomic E-state index is -0.571. The quantitative estimate of drug-likeness (QED) is 0.296. The maximum absolute atomic E-state index is 14.0. The number of carbonyl (C=O) groups is 2. The van der Waals surface area contributed by atoms with Crippen molar-refractivity contribution in [2.75, 3.05) is 31.5 Å². The highest BCUT2D eigenvalue weighted by atomic mass is 35.5. The van der Waals surface area contributed by atoms with Crippen molar-refractivity contribution in [3.8, 4) is 17.2 Å². The van der Waals surface area contributed by atoms with Crippen LogP contribution in [0.2, 0.25) is 5.02 Å². The van der Waals surface area contributed by atoms with Gasteiger partial charge in [0.2, 0.25) is 5.95 Å². The molecule has 2 amide bonds. The zero-order valence-corrected chi connectivity index (χ0v) is 22.2. The third kappa shape index (κ3) is 4.94. The molecule has 0 saturated heterocycles. The lowest BCUT2D eigenvalue weighted by molar-refractivity contribution is -0.120. The van der Waals surface area contributed by atoms with Crippen molar-refractivity contribution in [1.82, 2.24) is 9.55 Å². The number of aromatic nitrogens is 2. The number of imidazole rings is 1. The first kappa shape index (κ1) is 25.9. The molecule has 10 nitrogen and oxygen atoms in total. The zero-order valence-electron chi connectivity index (χ0n) is 21.4. The number of para-hydroxylation sites is 2. The number of amides is 2. The molecule has 0 spiro atoms. The van der Waals surface area contributed by atoms with Gasteiger partial charge in [0, 0.05) is 17.8 Å². The van der Waals surface area contributed by atoms with Gasteiger partial charge >= 0.3 is 0 Å². The van der Waals surface area contributed by atoms with Gasteiger partial charge in [-0.1, -0.05) is 35.9 Å². The first-order valence-corrected chi connectivity index (χ1v) is 12.4. The Morgan fingerprint density at radius 1 is 1.08 bits per heavy atom. The summed E-state index contributed by atoms with van der Waals surface area (Å²) in [5.41, 5.74) is 9.14. The molecule has 1 aliphatic heterocycles. The highest BCUT2D eigenvalue weighted by Gasteiger charge is 2.34. The molecular weight excluding hydrogens is 522 g/mol. The number of carbonyl (C=O) groups excluding carboxylic acids is 2. The smallest absolute Gasteiger partial charge is 0.255 e. The summed E-state index contributed by atoms with van der Waals surface area (Å²) in [7, 11) is 2.99. The predicted molar refractivity (Wildman–Crippen MR) is 149 cm³/mol. The molecule has 1 unspecified atom stereocenters. The van der Waals surface area contributed by atoms with E-state index in [1.165, 1.54) is 14.2 Å². The van der Waals surface area contributed by atoms with Crippen LogP contribution in [0.4, 0.5) is 11.6 Å². The van der Waals surface area contributed by atoms with Crippen LogP contribution in [0.3, 0.4) is 0 Å². The molecule has 0 radical (unpaired) electrons. The summed E-state index contributed by atoms with van der Waals surface area (Å²) < 4.78 is 18.2. The molecule has 200 valence electrons. The van der Waals surface area contributed by atoms with Crippen LogP contribution in [0.1, 0.15) is 18.5 Å². The molecule has 4 aromatic rings. The molecule has 0 fully saturated rings. The van der Waals surface area contributed by atoms with Crippen LogP contribution in [-0.4, -0.2) is 42.2 Å². The number of benzene rings is 3. The Hall–Kier alpha value is -4.70. The fourth-order valence-corrected chi connectivity index (χ4v) is 4.85. The summed E-state index contributed by atoms with van der Waals surface area (Å²) >= 11 is 6.26. The molecule has 0 aliphatic carbocycles. The van der Waals surface area contributed by atoms with Crippen molar-refractivity contribution in [2.24, 2.45) is 5.73 Å². The van der Waals surface area contributed by atoms with Gasteiger partial charge in [-0.15, -0.1) is 0 Å². The molecule has 1 atom stereocenters. The Morgan fingerprint density at radius 3 is 2.49 bits per heavy atom. The summed E-state index contributed by atoms with van der Waals surface area (Å²) in [6.07, 6.45) is 0. The van der Waals surface area contributed by atoms with Gasteiger partial charge in [0.1, 0.15) is 17.2 Å². The first-order valence-electron chi connectivity index (χ1n) is 12.0. The number of hydrogen-bond donors (Lipinski definition) is 3. The van der Waals surface area contributed by atoms with Crippen LogP contribution < -0.4 is 30.6 Å². The average molecular weight is 548 g/mol. The van der Waals surface area contributed by atoms with E-state index in [1.807, 2.05) is 47.9 Å². The Labute approximate surface area is 229 Å². The van der Waals surface area contributed by atoms with Gasteiger partial charge < -0.3 is 30.6 Å². The molecule has 2 heterocycles. The third-order valence-corrected chi connectivity index (χ3v) is 6.67. The van der Waals surface area contributed by atoms with Crippen LogP contribution in [0.15, 0.2) is 71.9 Å². The number of nitrogens with zero attached hydrogens (tertiary/aromatic N) is 2. The number of ether oxygens (including phenoxy) is 3. The number of fused-ring (bicyclic) bond motifs is 3. The molecule has 4 N–H and O–H groups in total. The van der Waals surface area contributed by atoms with Crippen LogP contribution in [0, 0.1) is 0 Å². The molecule has 1 aromatic heterocycles. The summed E-state index contributed by atoms with van der Waals surface area (Å²) in [6, 6.07) is 17.5. The van der Waals surface area contributed by atoms with E-state index in [1.54, 1.807) is 24.3 Å². The molecule has 11 heteroatoms. The van der Waals surface area contributed by atoms with Crippen LogP contribution in [0.5, 0.6) is 17.2 Å². The van der Waals surface area contributed by atoms with E-state index in [9.17, 15) is 9.59 Å². The SMILES string of the molecule is COc1cc(NC(=O)C2=C(C)Nc3nc4ccccc4n3C2c2ccc(OCC(N)=O)cc2)c(OC)cc1Cl. The molecule has 3 aromatic carbocycles. The maximum atomic E-state index is 14.0. The number of anilines is 2. The second kappa shape index (κ2) is 10.6. The normalized spacial score (nSPS) is 14.4. The second-order valence-electron chi connectivity index (χ2n) is 8.83. The van der Waals surface area contributed by atoms with E-state index in [0.29, 0.717) is 45.2 Å². The average Bonchev–Trinajstić information content (AvgIpc) is 3.29. The fourth-order valence-electron chi connectivity index (χ4n) is 4.62. The molecule has 39 heavy (non-hydrogen) atoms. The summed E-state index contributed by atoms with van der Waals surface area (Å²) in [5.74, 6) is 0.939. The molecule has 0 bridgehead atoms. The highest BCUT2D eigenvalue weighted by Crippen LogP contribution is 2.41. The van der Waals surface area contributed by atoms with Gasteiger partial charge in [-0.2, -0.15) is 0 Å². The summed E-state index contributed by atoms with van der Waals surface area (Å²) in [6.45, 7) is 1.59. The van der Waals surface area contributed by atoms with Crippen molar-refractivity contribution in [3.63, 3.8) is 0 Å². The molecule has 5 rings (SSSR count). The zero-order chi connectivity index (χ0) is 27.7. The van der Waals surface area contributed by atoms with Gasteiger partial charge in [0.05, 0.1) is 47.6 Å². The molecule has 1 aliphatic rings. The maximum Gasteiger partial charge on any atom is 0.255 e. The number of hydrogen-bond acceptors (Lipinski definition) is 7. The van der Waals surface area contributed by atoms with Crippen LogP contribution >= 0.6 is 11.6 Å². The number of nitrogens with two attached hydrogens (primary N) is 1. The van der Waals surface area contributed by atoms with E-state index < -0.39 is 11.9 Å². The lowest BCUT2D eigenvalue weighted by atomic mass is 9.94. The number of nitrogens with one attached hydrogen (secondary N) is 2. The number of rotatable bonds is 8. The topological polar surface area (TPSA) is 130 Å². The van der Waals surface area contributed by atoms with Crippen molar-refractivity contribution >= 4 is 46.1 Å². The fraction of sp³-hybridized carbons (Fsp3) is 0.179. The lowest BCUT2D eigenvalue weighted by Crippen LogP contribution is -2.31. The Morgan fingerprint density at radius 2 is 1.79 bits per heavy atom. The molecular formula is C28H26ClN5O5. The van der Waals surface area contributed by atoms with Gasteiger partial charge in [0.25, 0.3) is 11.8 Å². The van der Waals surface area contributed by atoms with E-state index >= 15 is 0 Å². The minimum Gasteiger partial charge on any atom is -0.495 e. The van der Waals surface area contributed by atoms with Crippen molar-refractivity contribution in [3.05, 3.63) is 82.5 Å². The predicted octanol–water partition coefficient (Wildman–Crippen LogP) is 4.50. The third-order valence-electron chi connectivity index (χ3n) is 6.37. The first-order chi connectivity index (χ1) is 18.8. The van der Waals surface area contributed by atoms with Crippen molar-refractivity contribution < 1.29 is 23.8 Å². The monoisotopic (exact) mass is 547 g/mol. The number of allylic oxidation sites excluding steroid dienone is 1. The van der Waals surface area contributed by atoms with E-state index in [0.717, 1.165) is 16.6 Å². The van der Waals surface area contributed by atoms with Gasteiger partial charge in [-0.3, -0.25) is 14.2 Å². The van der Waals surface area contributed by atoms with E-state index in [-0.39, 0.29) is 12.5 Å². The van der Waals surface area contributed by atoms with Gasteiger partial charge in [-0.25, -0.2) is 4.98 Å². The number of primary amides is 1. The molecule has 0 saturated carbocycles. The van der Waals surface area contributed by atoms with Gasteiger partial charge in [-0.05, 0) is 36.8 Å². The summed E-state index contributed by atoms with van der Waals surface area (Å²) in [4.78, 5) is 29.9. The standard InChI is InChI=1S/C28H26ClN5O5/c1-15-25(27(36)32-20-13-22(37-2)18(29)12-23(20)38-3)26(16-8-10-17(11-9-16)39-14-24(30)35)34-21-7-5-4-6-19(21)33-28(34)31-15/h4-13,26H,14H2,1-3H3,(H2,30,35)(H,31,33)(H,32,36). The second-order valence-corrected chi connectivity index (χ2v) is 9.23. The number of methoxy groups -OCH3 is 2. The highest BCUT2D eigenvalue weighted by molar-refractivity contribution is 6.32. The van der Waals surface area contributed by atoms with Crippen LogP contribution in [0.25, 0.3) is 11.0 Å². The largest absolute Gasteiger partial charge is 0.495 e. The van der Waals surface area contributed by atoms with E-state index in [4.69, 9.17) is 36.5 Å². The number of halogens is 1. The van der Waals surface area contributed by atoms with Crippen LogP contribution in [-0.2, 0) is 9.59 Å². The Balaban J connectivity index is 1.60. The van der Waals surface area contributed by atoms with Gasteiger partial charge in [0.15, 0.2) is 6.61 Å². The Bertz CT molecular complexity index is 1610.